The first-order valence-corrected chi connectivity index (χ1v) is 17.2. The van der Waals surface area contributed by atoms with Gasteiger partial charge in [-0.2, -0.15) is 0 Å². The molecule has 10 heteroatoms. The number of benzene rings is 4. The van der Waals surface area contributed by atoms with Gasteiger partial charge in [0.1, 0.15) is 12.6 Å². The quantitative estimate of drug-likeness (QED) is 0.198. The van der Waals surface area contributed by atoms with Gasteiger partial charge >= 0.3 is 0 Å². The number of hydrogen-bond acceptors (Lipinski definition) is 4. The van der Waals surface area contributed by atoms with E-state index in [-0.39, 0.29) is 24.9 Å². The number of halogens is 2. The van der Waals surface area contributed by atoms with Gasteiger partial charge in [0.25, 0.3) is 0 Å². The van der Waals surface area contributed by atoms with Crippen LogP contribution in [0.2, 0.25) is 10.0 Å². The molecule has 5 rings (SSSR count). The Morgan fingerprint density at radius 3 is 2.30 bits per heavy atom. The predicted octanol–water partition coefficient (Wildman–Crippen LogP) is 6.61. The highest BCUT2D eigenvalue weighted by atomic mass is 35.5. The van der Waals surface area contributed by atoms with Crippen molar-refractivity contribution in [3.63, 3.8) is 0 Å². The van der Waals surface area contributed by atoms with Gasteiger partial charge in [-0.05, 0) is 47.6 Å². The smallest absolute Gasteiger partial charge is 0.244 e. The summed E-state index contributed by atoms with van der Waals surface area (Å²) in [6.07, 6.45) is 5.14. The molecule has 44 heavy (non-hydrogen) atoms. The Bertz CT molecular complexity index is 1740. The molecule has 0 bridgehead atoms. The van der Waals surface area contributed by atoms with Crippen LogP contribution in [-0.2, 0) is 32.6 Å². The first kappa shape index (κ1) is 31.8. The number of carbonyl (C=O) groups is 2. The predicted molar refractivity (Wildman–Crippen MR) is 177 cm³/mol. The van der Waals surface area contributed by atoms with E-state index in [9.17, 15) is 18.0 Å². The second kappa shape index (κ2) is 14.0. The molecular weight excluding hydrogens is 617 g/mol. The van der Waals surface area contributed by atoms with E-state index in [0.717, 1.165) is 47.2 Å². The maximum Gasteiger partial charge on any atom is 0.244 e. The van der Waals surface area contributed by atoms with Gasteiger partial charge in [-0.1, -0.05) is 109 Å². The number of hydrogen-bond donors (Lipinski definition) is 1. The Kier molecular flexibility index (Phi) is 10.1. The lowest BCUT2D eigenvalue weighted by Crippen LogP contribution is -2.54. The van der Waals surface area contributed by atoms with Gasteiger partial charge in [-0.3, -0.25) is 13.9 Å². The van der Waals surface area contributed by atoms with Crippen molar-refractivity contribution >= 4 is 61.5 Å². The van der Waals surface area contributed by atoms with Gasteiger partial charge in [-0.15, -0.1) is 0 Å². The third-order valence-electron chi connectivity index (χ3n) is 8.04. The second-order valence-corrected chi connectivity index (χ2v) is 14.0. The summed E-state index contributed by atoms with van der Waals surface area (Å²) in [6, 6.07) is 26.3. The lowest BCUT2D eigenvalue weighted by Gasteiger charge is -2.34. The van der Waals surface area contributed by atoms with Gasteiger partial charge < -0.3 is 10.2 Å². The molecule has 1 aliphatic rings. The van der Waals surface area contributed by atoms with Gasteiger partial charge in [0.15, 0.2) is 0 Å². The third kappa shape index (κ3) is 7.73. The largest absolute Gasteiger partial charge is 0.352 e. The fourth-order valence-corrected chi connectivity index (χ4v) is 7.11. The summed E-state index contributed by atoms with van der Waals surface area (Å²) < 4.78 is 27.6. The van der Waals surface area contributed by atoms with Crippen LogP contribution >= 0.6 is 23.2 Å². The highest BCUT2D eigenvalue weighted by Crippen LogP contribution is 2.30. The van der Waals surface area contributed by atoms with Crippen LogP contribution in [0, 0.1) is 0 Å². The fraction of sp³-hybridized carbons (Fsp3) is 0.294. The molecule has 4 aromatic rings. The second-order valence-electron chi connectivity index (χ2n) is 11.2. The normalized spacial score (nSPS) is 14.3. The summed E-state index contributed by atoms with van der Waals surface area (Å²) in [6.45, 7) is -0.516. The molecule has 0 aliphatic heterocycles. The zero-order valence-corrected chi connectivity index (χ0v) is 26.8. The molecule has 0 heterocycles. The van der Waals surface area contributed by atoms with Crippen molar-refractivity contribution in [1.29, 1.82) is 0 Å². The number of nitrogens with one attached hydrogen (secondary N) is 1. The van der Waals surface area contributed by atoms with Crippen molar-refractivity contribution in [2.45, 2.75) is 50.7 Å². The summed E-state index contributed by atoms with van der Waals surface area (Å²) in [7, 11) is -3.91. The van der Waals surface area contributed by atoms with Gasteiger partial charge in [0.05, 0.1) is 11.9 Å². The van der Waals surface area contributed by atoms with E-state index in [1.807, 2.05) is 60.7 Å². The first-order valence-electron chi connectivity index (χ1n) is 14.6. The van der Waals surface area contributed by atoms with Gasteiger partial charge in [0, 0.05) is 34.4 Å². The number of rotatable bonds is 11. The number of nitrogens with zero attached hydrogens (tertiary/aromatic N) is 2. The molecule has 4 aromatic carbocycles. The van der Waals surface area contributed by atoms with Crippen LogP contribution in [0.4, 0.5) is 5.69 Å². The minimum Gasteiger partial charge on any atom is -0.352 e. The molecule has 0 aromatic heterocycles. The molecule has 2 amide bonds. The lowest BCUT2D eigenvalue weighted by atomic mass is 10.0. The van der Waals surface area contributed by atoms with Crippen LogP contribution in [0.1, 0.15) is 36.8 Å². The minimum atomic E-state index is -3.91. The zero-order valence-electron chi connectivity index (χ0n) is 24.5. The minimum absolute atomic E-state index is 0.0163. The van der Waals surface area contributed by atoms with Crippen molar-refractivity contribution in [2.24, 2.45) is 0 Å². The molecule has 1 aliphatic carbocycles. The van der Waals surface area contributed by atoms with E-state index in [2.05, 4.69) is 5.32 Å². The van der Waals surface area contributed by atoms with Gasteiger partial charge in [-0.25, -0.2) is 8.42 Å². The molecule has 7 nitrogen and oxygen atoms in total. The maximum atomic E-state index is 14.4. The topological polar surface area (TPSA) is 86.8 Å². The van der Waals surface area contributed by atoms with Crippen molar-refractivity contribution in [2.75, 3.05) is 17.1 Å². The van der Waals surface area contributed by atoms with Crippen LogP contribution in [0.3, 0.4) is 0 Å². The highest BCUT2D eigenvalue weighted by molar-refractivity contribution is 7.92. The molecule has 1 atom stereocenters. The van der Waals surface area contributed by atoms with E-state index >= 15 is 0 Å². The van der Waals surface area contributed by atoms with Crippen LogP contribution in [0.25, 0.3) is 10.8 Å². The number of anilines is 1. The number of fused-ring (bicyclic) bond motifs is 1. The standard InChI is InChI=1S/C34H35Cl2N3O4S/c1-44(42,43)39(31-17-9-13-25-12-5-8-16-29(25)31)23-33(40)38(22-26-18-19-27(35)21-30(26)36)32(20-24-10-3-2-4-11-24)34(41)37-28-14-6-7-15-28/h2-5,8-13,16-19,21,28,32H,6-7,14-15,20,22-23H2,1H3,(H,37,41)/t32-/m0/s1. The molecule has 0 unspecified atom stereocenters. The first-order chi connectivity index (χ1) is 21.1. The average molecular weight is 653 g/mol. The number of sulfonamides is 1. The summed E-state index contributed by atoms with van der Waals surface area (Å²) in [4.78, 5) is 29.9. The molecule has 1 fully saturated rings. The Hall–Kier alpha value is -3.59. The lowest BCUT2D eigenvalue weighted by molar-refractivity contribution is -0.140. The molecule has 0 radical (unpaired) electrons. The summed E-state index contributed by atoms with van der Waals surface area (Å²) in [5.41, 5.74) is 1.85. The monoisotopic (exact) mass is 651 g/mol. The van der Waals surface area contributed by atoms with Crippen molar-refractivity contribution in [3.05, 3.63) is 112 Å². The average Bonchev–Trinajstić information content (AvgIpc) is 3.51. The van der Waals surface area contributed by atoms with Crippen LogP contribution in [-0.4, -0.2) is 50.0 Å². The Labute approximate surface area is 268 Å². The SMILES string of the molecule is CS(=O)(=O)N(CC(=O)N(Cc1ccc(Cl)cc1Cl)[C@@H](Cc1ccccc1)C(=O)NC1CCCC1)c1cccc2ccccc12. The third-order valence-corrected chi connectivity index (χ3v) is 9.76. The van der Waals surface area contributed by atoms with Crippen LogP contribution in [0.15, 0.2) is 91.0 Å². The van der Waals surface area contributed by atoms with E-state index in [1.165, 1.54) is 4.90 Å². The summed E-state index contributed by atoms with van der Waals surface area (Å²) in [5, 5.41) is 5.49. The van der Waals surface area contributed by atoms with E-state index in [0.29, 0.717) is 26.7 Å². The number of carbonyl (C=O) groups excluding carboxylic acids is 2. The van der Waals surface area contributed by atoms with Crippen molar-refractivity contribution in [1.82, 2.24) is 10.2 Å². The highest BCUT2D eigenvalue weighted by Gasteiger charge is 2.34. The van der Waals surface area contributed by atoms with Crippen molar-refractivity contribution in [3.8, 4) is 0 Å². The van der Waals surface area contributed by atoms with Gasteiger partial charge in [0.2, 0.25) is 21.8 Å². The van der Waals surface area contributed by atoms with Crippen LogP contribution < -0.4 is 9.62 Å². The zero-order chi connectivity index (χ0) is 31.3. The molecule has 1 N–H and O–H groups in total. The van der Waals surface area contributed by atoms with Crippen LogP contribution in [0.5, 0.6) is 0 Å². The molecular formula is C34H35Cl2N3O4S. The molecule has 0 saturated heterocycles. The van der Waals surface area contributed by atoms with E-state index in [4.69, 9.17) is 23.2 Å². The molecule has 230 valence electrons. The summed E-state index contributed by atoms with van der Waals surface area (Å²) >= 11 is 12.7. The van der Waals surface area contributed by atoms with E-state index in [1.54, 1.807) is 30.3 Å². The Morgan fingerprint density at radius 2 is 1.59 bits per heavy atom. The summed E-state index contributed by atoms with van der Waals surface area (Å²) in [5.74, 6) is -0.813. The number of amides is 2. The molecule has 0 spiro atoms. The molecule has 1 saturated carbocycles. The Balaban J connectivity index is 1.56. The fourth-order valence-electron chi connectivity index (χ4n) is 5.78. The Morgan fingerprint density at radius 1 is 0.909 bits per heavy atom. The maximum absolute atomic E-state index is 14.4. The van der Waals surface area contributed by atoms with E-state index < -0.39 is 28.5 Å². The van der Waals surface area contributed by atoms with Crippen molar-refractivity contribution < 1.29 is 18.0 Å².